The van der Waals surface area contributed by atoms with Crippen LogP contribution >= 0.6 is 0 Å². The van der Waals surface area contributed by atoms with Crippen LogP contribution in [0, 0.1) is 5.92 Å². The summed E-state index contributed by atoms with van der Waals surface area (Å²) in [6, 6.07) is 0.542. The molecule has 1 unspecified atom stereocenters. The second-order valence-electron chi connectivity index (χ2n) is 7.09. The zero-order valence-electron chi connectivity index (χ0n) is 12.1. The van der Waals surface area contributed by atoms with Crippen molar-refractivity contribution in [2.75, 3.05) is 6.54 Å². The summed E-state index contributed by atoms with van der Waals surface area (Å²) in [6.45, 7) is 0.982. The van der Waals surface area contributed by atoms with Gasteiger partial charge in [-0.2, -0.15) is 0 Å². The Balaban J connectivity index is 1.61. The summed E-state index contributed by atoms with van der Waals surface area (Å²) in [6.07, 6.45) is 12.9. The van der Waals surface area contributed by atoms with E-state index in [9.17, 15) is 4.79 Å². The van der Waals surface area contributed by atoms with Gasteiger partial charge in [-0.15, -0.1) is 0 Å². The summed E-state index contributed by atoms with van der Waals surface area (Å²) < 4.78 is 0. The first-order valence-corrected chi connectivity index (χ1v) is 8.26. The molecule has 2 N–H and O–H groups in total. The standard InChI is InChI=1S/C16H28N2O/c17-16(9-3-4-10-16)12-15(19)18-11-5-8-14(18)13-6-1-2-7-13/h13-14H,1-12,17H2. The van der Waals surface area contributed by atoms with Crippen LogP contribution in [-0.2, 0) is 4.79 Å². The number of amides is 1. The second-order valence-corrected chi connectivity index (χ2v) is 7.09. The Morgan fingerprint density at radius 1 is 1.05 bits per heavy atom. The van der Waals surface area contributed by atoms with E-state index < -0.39 is 0 Å². The monoisotopic (exact) mass is 264 g/mol. The van der Waals surface area contributed by atoms with E-state index in [-0.39, 0.29) is 5.54 Å². The van der Waals surface area contributed by atoms with Gasteiger partial charge < -0.3 is 10.6 Å². The highest BCUT2D eigenvalue weighted by atomic mass is 16.2. The molecule has 0 radical (unpaired) electrons. The molecule has 3 aliphatic rings. The van der Waals surface area contributed by atoms with Gasteiger partial charge in [0.1, 0.15) is 0 Å². The van der Waals surface area contributed by atoms with Crippen LogP contribution in [0.1, 0.15) is 70.6 Å². The fraction of sp³-hybridized carbons (Fsp3) is 0.938. The third-order valence-electron chi connectivity index (χ3n) is 5.67. The van der Waals surface area contributed by atoms with Gasteiger partial charge in [-0.25, -0.2) is 0 Å². The topological polar surface area (TPSA) is 46.3 Å². The molecule has 108 valence electrons. The predicted octanol–water partition coefficient (Wildman–Crippen LogP) is 2.83. The molecule has 0 spiro atoms. The van der Waals surface area contributed by atoms with Crippen LogP contribution < -0.4 is 5.73 Å². The van der Waals surface area contributed by atoms with Crippen LogP contribution in [-0.4, -0.2) is 28.9 Å². The van der Waals surface area contributed by atoms with Crippen LogP contribution in [0.15, 0.2) is 0 Å². The first kappa shape index (κ1) is 13.4. The van der Waals surface area contributed by atoms with Crippen LogP contribution in [0.2, 0.25) is 0 Å². The number of nitrogens with zero attached hydrogens (tertiary/aromatic N) is 1. The van der Waals surface area contributed by atoms with Crippen LogP contribution in [0.4, 0.5) is 0 Å². The largest absolute Gasteiger partial charge is 0.339 e. The van der Waals surface area contributed by atoms with Crippen molar-refractivity contribution >= 4 is 5.91 Å². The number of carbonyl (C=O) groups excluding carboxylic acids is 1. The summed E-state index contributed by atoms with van der Waals surface area (Å²) in [5, 5.41) is 0. The molecule has 3 fully saturated rings. The van der Waals surface area contributed by atoms with Gasteiger partial charge in [0.05, 0.1) is 0 Å². The lowest BCUT2D eigenvalue weighted by atomic mass is 9.92. The Morgan fingerprint density at radius 2 is 1.74 bits per heavy atom. The average molecular weight is 264 g/mol. The molecule has 0 aromatic heterocycles. The number of carbonyl (C=O) groups is 1. The van der Waals surface area contributed by atoms with E-state index in [4.69, 9.17) is 5.73 Å². The lowest BCUT2D eigenvalue weighted by molar-refractivity contribution is -0.134. The maximum atomic E-state index is 12.6. The average Bonchev–Trinajstić information content (AvgIpc) is 3.08. The quantitative estimate of drug-likeness (QED) is 0.852. The number of hydrogen-bond acceptors (Lipinski definition) is 2. The van der Waals surface area contributed by atoms with Gasteiger partial charge in [0.25, 0.3) is 0 Å². The Bertz CT molecular complexity index is 330. The van der Waals surface area contributed by atoms with Crippen molar-refractivity contribution < 1.29 is 4.79 Å². The zero-order valence-corrected chi connectivity index (χ0v) is 12.1. The predicted molar refractivity (Wildman–Crippen MR) is 76.7 cm³/mol. The first-order chi connectivity index (χ1) is 9.18. The minimum atomic E-state index is -0.181. The maximum Gasteiger partial charge on any atom is 0.224 e. The Labute approximate surface area is 116 Å². The highest BCUT2D eigenvalue weighted by Crippen LogP contribution is 2.37. The van der Waals surface area contributed by atoms with Crippen molar-refractivity contribution in [2.24, 2.45) is 11.7 Å². The SMILES string of the molecule is NC1(CC(=O)N2CCCC2C2CCCC2)CCCC1. The van der Waals surface area contributed by atoms with E-state index in [2.05, 4.69) is 4.90 Å². The summed E-state index contributed by atoms with van der Waals surface area (Å²) in [5.74, 6) is 1.13. The minimum Gasteiger partial charge on any atom is -0.339 e. The second kappa shape index (κ2) is 5.43. The van der Waals surface area contributed by atoms with Crippen LogP contribution in [0.5, 0.6) is 0 Å². The van der Waals surface area contributed by atoms with E-state index >= 15 is 0 Å². The van der Waals surface area contributed by atoms with E-state index in [0.29, 0.717) is 18.4 Å². The van der Waals surface area contributed by atoms with Crippen molar-refractivity contribution in [3.05, 3.63) is 0 Å². The number of hydrogen-bond donors (Lipinski definition) is 1. The van der Waals surface area contributed by atoms with Gasteiger partial charge in [0.15, 0.2) is 0 Å². The third kappa shape index (κ3) is 2.81. The van der Waals surface area contributed by atoms with Crippen molar-refractivity contribution in [1.29, 1.82) is 0 Å². The molecular formula is C16H28N2O. The van der Waals surface area contributed by atoms with Crippen molar-refractivity contribution in [3.8, 4) is 0 Å². The normalized spacial score (nSPS) is 31.2. The molecule has 1 aliphatic heterocycles. The van der Waals surface area contributed by atoms with Crippen molar-refractivity contribution in [2.45, 2.75) is 82.2 Å². The molecular weight excluding hydrogens is 236 g/mol. The minimum absolute atomic E-state index is 0.181. The highest BCUT2D eigenvalue weighted by molar-refractivity contribution is 5.78. The van der Waals surface area contributed by atoms with Gasteiger partial charge in [0.2, 0.25) is 5.91 Å². The molecule has 1 heterocycles. The van der Waals surface area contributed by atoms with Crippen LogP contribution in [0.25, 0.3) is 0 Å². The Hall–Kier alpha value is -0.570. The molecule has 1 amide bonds. The van der Waals surface area contributed by atoms with Gasteiger partial charge >= 0.3 is 0 Å². The molecule has 19 heavy (non-hydrogen) atoms. The maximum absolute atomic E-state index is 12.6. The third-order valence-corrected chi connectivity index (χ3v) is 5.67. The van der Waals surface area contributed by atoms with Gasteiger partial charge in [0, 0.05) is 24.5 Å². The smallest absolute Gasteiger partial charge is 0.224 e. The molecule has 2 aliphatic carbocycles. The summed E-state index contributed by atoms with van der Waals surface area (Å²) in [4.78, 5) is 14.8. The van der Waals surface area contributed by atoms with Gasteiger partial charge in [-0.1, -0.05) is 25.7 Å². The van der Waals surface area contributed by atoms with E-state index in [1.165, 1.54) is 51.4 Å². The van der Waals surface area contributed by atoms with Crippen LogP contribution in [0.3, 0.4) is 0 Å². The van der Waals surface area contributed by atoms with E-state index in [1.807, 2.05) is 0 Å². The Kier molecular flexibility index (Phi) is 3.84. The molecule has 0 aromatic rings. The molecule has 1 atom stereocenters. The fourth-order valence-electron chi connectivity index (χ4n) is 4.59. The Morgan fingerprint density at radius 3 is 2.42 bits per heavy atom. The van der Waals surface area contributed by atoms with Gasteiger partial charge in [-0.05, 0) is 44.4 Å². The molecule has 3 heteroatoms. The lowest BCUT2D eigenvalue weighted by Crippen LogP contribution is -2.46. The molecule has 1 saturated heterocycles. The van der Waals surface area contributed by atoms with Crippen molar-refractivity contribution in [1.82, 2.24) is 4.90 Å². The van der Waals surface area contributed by atoms with E-state index in [0.717, 1.165) is 25.3 Å². The highest BCUT2D eigenvalue weighted by Gasteiger charge is 2.39. The number of rotatable bonds is 3. The van der Waals surface area contributed by atoms with E-state index in [1.54, 1.807) is 0 Å². The van der Waals surface area contributed by atoms with Gasteiger partial charge in [-0.3, -0.25) is 4.79 Å². The molecule has 0 aromatic carbocycles. The number of nitrogens with two attached hydrogens (primary N) is 1. The fourth-order valence-corrected chi connectivity index (χ4v) is 4.59. The first-order valence-electron chi connectivity index (χ1n) is 8.26. The summed E-state index contributed by atoms with van der Waals surface area (Å²) in [5.41, 5.74) is 6.20. The summed E-state index contributed by atoms with van der Waals surface area (Å²) in [7, 11) is 0. The molecule has 3 rings (SSSR count). The summed E-state index contributed by atoms with van der Waals surface area (Å²) >= 11 is 0. The van der Waals surface area contributed by atoms with Crippen molar-refractivity contribution in [3.63, 3.8) is 0 Å². The zero-order chi connectivity index (χ0) is 13.3. The number of likely N-dealkylation sites (tertiary alicyclic amines) is 1. The molecule has 0 bridgehead atoms. The molecule has 2 saturated carbocycles. The lowest BCUT2D eigenvalue weighted by Gasteiger charge is -2.32. The molecule has 3 nitrogen and oxygen atoms in total.